The molecule has 3 fully saturated rings. The maximum Gasteiger partial charge on any atom is 0.142 e. The maximum atomic E-state index is 12.1. The molecule has 0 aliphatic carbocycles. The summed E-state index contributed by atoms with van der Waals surface area (Å²) in [5.74, 6) is 0. The number of hydrogen-bond donors (Lipinski definition) is 1. The van der Waals surface area contributed by atoms with Gasteiger partial charge in [-0.05, 0) is 17.0 Å². The zero-order valence-corrected chi connectivity index (χ0v) is 14.2. The minimum absolute atomic E-state index is 0.0812. The third-order valence-corrected chi connectivity index (χ3v) is 6.51. The van der Waals surface area contributed by atoms with E-state index in [4.69, 9.17) is 0 Å². The molecule has 5 nitrogen and oxygen atoms in total. The number of hydroxylamine groups is 3. The van der Waals surface area contributed by atoms with Gasteiger partial charge >= 0.3 is 0 Å². The van der Waals surface area contributed by atoms with Gasteiger partial charge in [0.05, 0.1) is 16.1 Å². The van der Waals surface area contributed by atoms with Crippen LogP contribution in [0.3, 0.4) is 0 Å². The van der Waals surface area contributed by atoms with Crippen LogP contribution in [0, 0.1) is 0 Å². The summed E-state index contributed by atoms with van der Waals surface area (Å²) in [4.78, 5) is 14.5. The van der Waals surface area contributed by atoms with Crippen molar-refractivity contribution in [2.75, 3.05) is 24.5 Å². The zero-order valence-electron chi connectivity index (χ0n) is 13.4. The number of thiophene rings is 1. The van der Waals surface area contributed by atoms with Crippen molar-refractivity contribution in [1.82, 2.24) is 0 Å². The van der Waals surface area contributed by atoms with Gasteiger partial charge in [-0.25, -0.2) is 5.21 Å². The molecule has 5 rings (SSSR count). The van der Waals surface area contributed by atoms with E-state index in [-0.39, 0.29) is 4.65 Å². The number of hydrogen-bond acceptors (Lipinski definition) is 4. The fourth-order valence-electron chi connectivity index (χ4n) is 4.13. The summed E-state index contributed by atoms with van der Waals surface area (Å²) in [6.45, 7) is 1.82. The number of carbonyl (C=O) groups excluding carboxylic acids is 1. The van der Waals surface area contributed by atoms with E-state index in [1.54, 1.807) is 11.3 Å². The molecule has 2 aromatic rings. The van der Waals surface area contributed by atoms with Crippen molar-refractivity contribution >= 4 is 23.1 Å². The predicted molar refractivity (Wildman–Crippen MR) is 90.9 cm³/mol. The Bertz CT molecular complexity index is 734. The van der Waals surface area contributed by atoms with Gasteiger partial charge in [0.2, 0.25) is 0 Å². The second-order valence-electron chi connectivity index (χ2n) is 6.84. The molecule has 0 radical (unpaired) electrons. The molecule has 4 heterocycles. The average molecular weight is 344 g/mol. The van der Waals surface area contributed by atoms with E-state index in [1.165, 1.54) is 4.90 Å². The Morgan fingerprint density at radius 1 is 1.12 bits per heavy atom. The zero-order chi connectivity index (χ0) is 16.8. The van der Waals surface area contributed by atoms with E-state index in [9.17, 15) is 15.1 Å². The molecular weight excluding hydrogens is 324 g/mol. The standard InChI is InChI=1S/C18H20N2O3S/c21-17(22)19(18-7-10-20(23,11-8-18)12-9-18)15-6-13-24-16(15)14-4-2-1-3-5-14/h1-6,13,23H,7-12H2. The third-order valence-electron chi connectivity index (χ3n) is 5.56. The van der Waals surface area contributed by atoms with Crippen LogP contribution < -0.4 is 10.0 Å². The van der Waals surface area contributed by atoms with E-state index < -0.39 is 11.6 Å². The molecule has 1 aromatic carbocycles. The van der Waals surface area contributed by atoms with Crippen LogP contribution in [0.25, 0.3) is 10.4 Å². The number of amides is 1. The molecule has 0 saturated carbocycles. The Morgan fingerprint density at radius 2 is 1.75 bits per heavy atom. The normalized spacial score (nSPS) is 28.7. The highest BCUT2D eigenvalue weighted by molar-refractivity contribution is 7.14. The lowest BCUT2D eigenvalue weighted by molar-refractivity contribution is -1.11. The van der Waals surface area contributed by atoms with E-state index in [1.807, 2.05) is 41.8 Å². The summed E-state index contributed by atoms with van der Waals surface area (Å²) in [6.07, 6.45) is 0.857. The van der Waals surface area contributed by atoms with Crippen LogP contribution in [-0.4, -0.2) is 41.1 Å². The SMILES string of the molecule is O=C([O-])N(c1ccsc1-c1ccccc1)C12CC[N+](O)(CC1)CC2. The smallest absolute Gasteiger partial charge is 0.142 e. The predicted octanol–water partition coefficient (Wildman–Crippen LogP) is 2.71. The number of nitrogens with zero attached hydrogens (tertiary/aromatic N) is 2. The van der Waals surface area contributed by atoms with Crippen molar-refractivity contribution in [1.29, 1.82) is 0 Å². The Morgan fingerprint density at radius 3 is 2.33 bits per heavy atom. The second-order valence-corrected chi connectivity index (χ2v) is 7.76. The molecule has 1 N–H and O–H groups in total. The molecule has 0 unspecified atom stereocenters. The molecule has 1 amide bonds. The van der Waals surface area contributed by atoms with E-state index in [0.717, 1.165) is 10.4 Å². The number of carbonyl (C=O) groups is 1. The number of quaternary nitrogens is 1. The highest BCUT2D eigenvalue weighted by Gasteiger charge is 2.53. The summed E-state index contributed by atoms with van der Waals surface area (Å²) in [5, 5.41) is 24.4. The quantitative estimate of drug-likeness (QED) is 0.871. The molecule has 24 heavy (non-hydrogen) atoms. The highest BCUT2D eigenvalue weighted by atomic mass is 32.1. The Hall–Kier alpha value is -1.89. The average Bonchev–Trinajstić information content (AvgIpc) is 3.06. The highest BCUT2D eigenvalue weighted by Crippen LogP contribution is 2.46. The van der Waals surface area contributed by atoms with Crippen LogP contribution in [0.2, 0.25) is 0 Å². The number of rotatable bonds is 3. The largest absolute Gasteiger partial charge is 0.530 e. The van der Waals surface area contributed by atoms with E-state index >= 15 is 0 Å². The van der Waals surface area contributed by atoms with Crippen LogP contribution in [0.1, 0.15) is 19.3 Å². The van der Waals surface area contributed by atoms with Gasteiger partial charge in [-0.15, -0.1) is 11.3 Å². The fourth-order valence-corrected chi connectivity index (χ4v) is 5.01. The Balaban J connectivity index is 1.76. The first-order chi connectivity index (χ1) is 11.5. The summed E-state index contributed by atoms with van der Waals surface area (Å²) in [6, 6.07) is 11.7. The molecule has 6 heteroatoms. The van der Waals surface area contributed by atoms with E-state index in [2.05, 4.69) is 0 Å². The molecule has 126 valence electrons. The monoisotopic (exact) mass is 344 g/mol. The minimum atomic E-state index is -1.15. The first-order valence-electron chi connectivity index (χ1n) is 8.26. The first kappa shape index (κ1) is 15.6. The number of anilines is 1. The van der Waals surface area contributed by atoms with Gasteiger partial charge in [0.15, 0.2) is 0 Å². The maximum absolute atomic E-state index is 12.1. The molecule has 3 aliphatic heterocycles. The lowest BCUT2D eigenvalue weighted by atomic mass is 9.78. The van der Waals surface area contributed by atoms with Gasteiger partial charge in [-0.1, -0.05) is 30.3 Å². The Kier molecular flexibility index (Phi) is 3.63. The molecule has 0 spiro atoms. The van der Waals surface area contributed by atoms with Crippen molar-refractivity contribution in [2.45, 2.75) is 24.8 Å². The number of piperidine rings is 3. The third kappa shape index (κ3) is 2.42. The Labute approximate surface area is 144 Å². The van der Waals surface area contributed by atoms with Crippen LogP contribution in [0.5, 0.6) is 0 Å². The van der Waals surface area contributed by atoms with Gasteiger partial charge in [0, 0.05) is 19.3 Å². The van der Waals surface area contributed by atoms with Crippen molar-refractivity contribution in [3.8, 4) is 10.4 Å². The van der Waals surface area contributed by atoms with Crippen LogP contribution >= 0.6 is 11.3 Å². The van der Waals surface area contributed by atoms with Crippen LogP contribution in [0.4, 0.5) is 10.5 Å². The lowest BCUT2D eigenvalue weighted by Crippen LogP contribution is -2.70. The molecule has 2 bridgehead atoms. The van der Waals surface area contributed by atoms with Gasteiger partial charge < -0.3 is 14.8 Å². The fraction of sp³-hybridized carbons (Fsp3) is 0.389. The summed E-state index contributed by atoms with van der Waals surface area (Å²) in [5.41, 5.74) is 1.28. The number of fused-ring (bicyclic) bond motifs is 3. The summed E-state index contributed by atoms with van der Waals surface area (Å²) < 4.78 is 0.0812. The molecule has 3 aliphatic rings. The van der Waals surface area contributed by atoms with Gasteiger partial charge in [0.1, 0.15) is 25.7 Å². The van der Waals surface area contributed by atoms with Gasteiger partial charge in [0.25, 0.3) is 0 Å². The van der Waals surface area contributed by atoms with E-state index in [0.29, 0.717) is 44.6 Å². The second kappa shape index (κ2) is 5.58. The molecular formula is C18H20N2O3S. The van der Waals surface area contributed by atoms with Crippen molar-refractivity contribution in [2.24, 2.45) is 0 Å². The number of carboxylic acid groups (broad SMARTS) is 1. The number of benzene rings is 1. The van der Waals surface area contributed by atoms with Gasteiger partial charge in [-0.3, -0.25) is 0 Å². The topological polar surface area (TPSA) is 63.6 Å². The summed E-state index contributed by atoms with van der Waals surface area (Å²) >= 11 is 1.55. The molecule has 1 aromatic heterocycles. The molecule has 0 atom stereocenters. The van der Waals surface area contributed by atoms with Gasteiger partial charge in [-0.2, -0.15) is 4.65 Å². The van der Waals surface area contributed by atoms with Crippen molar-refractivity contribution < 1.29 is 19.8 Å². The minimum Gasteiger partial charge on any atom is -0.530 e. The summed E-state index contributed by atoms with van der Waals surface area (Å²) in [7, 11) is 0. The van der Waals surface area contributed by atoms with Crippen molar-refractivity contribution in [3.05, 3.63) is 41.8 Å². The first-order valence-corrected chi connectivity index (χ1v) is 9.14. The lowest BCUT2D eigenvalue weighted by Gasteiger charge is -2.55. The molecule has 3 saturated heterocycles. The van der Waals surface area contributed by atoms with Crippen LogP contribution in [-0.2, 0) is 0 Å². The van der Waals surface area contributed by atoms with Crippen molar-refractivity contribution in [3.63, 3.8) is 0 Å². The van der Waals surface area contributed by atoms with Crippen LogP contribution in [0.15, 0.2) is 41.8 Å².